The number of ether oxygens (including phenoxy) is 1. The summed E-state index contributed by atoms with van der Waals surface area (Å²) in [5, 5.41) is 3.46. The van der Waals surface area contributed by atoms with Gasteiger partial charge in [-0.25, -0.2) is 9.18 Å². The van der Waals surface area contributed by atoms with Gasteiger partial charge in [0.15, 0.2) is 0 Å². The van der Waals surface area contributed by atoms with Crippen molar-refractivity contribution in [2.24, 2.45) is 5.73 Å². The second-order valence-electron chi connectivity index (χ2n) is 5.51. The number of benzene rings is 2. The lowest BCUT2D eigenvalue weighted by Gasteiger charge is -2.11. The highest BCUT2D eigenvalue weighted by atomic mass is 32.1. The number of fused-ring (bicyclic) bond motifs is 1. The largest absolute Gasteiger partial charge is 0.462 e. The van der Waals surface area contributed by atoms with E-state index in [-0.39, 0.29) is 13.2 Å². The molecule has 134 valence electrons. The topological polar surface area (TPSA) is 81.4 Å². The van der Waals surface area contributed by atoms with Crippen LogP contribution in [-0.4, -0.2) is 18.5 Å². The molecule has 0 bridgehead atoms. The van der Waals surface area contributed by atoms with Gasteiger partial charge in [0, 0.05) is 27.9 Å². The average Bonchev–Trinajstić information content (AvgIpc) is 3.00. The minimum atomic E-state index is -0.569. The van der Waals surface area contributed by atoms with Gasteiger partial charge >= 0.3 is 5.97 Å². The monoisotopic (exact) mass is 372 g/mol. The number of carbonyl (C=O) groups is 2. The minimum Gasteiger partial charge on any atom is -0.462 e. The molecule has 0 fully saturated rings. The lowest BCUT2D eigenvalue weighted by atomic mass is 10.1. The maximum atomic E-state index is 14.4. The van der Waals surface area contributed by atoms with E-state index in [0.717, 1.165) is 0 Å². The van der Waals surface area contributed by atoms with Gasteiger partial charge in [-0.2, -0.15) is 0 Å². The zero-order valence-corrected chi connectivity index (χ0v) is 14.9. The van der Waals surface area contributed by atoms with Crippen LogP contribution in [0.25, 0.3) is 10.1 Å². The van der Waals surface area contributed by atoms with Gasteiger partial charge in [-0.3, -0.25) is 4.79 Å². The predicted molar refractivity (Wildman–Crippen MR) is 100 cm³/mol. The number of thiophene rings is 1. The number of rotatable bonds is 6. The molecule has 26 heavy (non-hydrogen) atoms. The third kappa shape index (κ3) is 3.39. The molecule has 0 saturated heterocycles. The van der Waals surface area contributed by atoms with E-state index in [9.17, 15) is 14.0 Å². The molecule has 0 atom stereocenters. The van der Waals surface area contributed by atoms with Crippen LogP contribution >= 0.6 is 11.3 Å². The Morgan fingerprint density at radius 1 is 1.19 bits per heavy atom. The fourth-order valence-electron chi connectivity index (χ4n) is 2.73. The number of carbonyl (C=O) groups excluding carboxylic acids is 2. The van der Waals surface area contributed by atoms with Crippen molar-refractivity contribution >= 4 is 39.0 Å². The Kier molecular flexibility index (Phi) is 5.18. The van der Waals surface area contributed by atoms with E-state index in [0.29, 0.717) is 31.8 Å². The third-order valence-corrected chi connectivity index (χ3v) is 5.05. The first-order chi connectivity index (χ1) is 12.5. The van der Waals surface area contributed by atoms with Crippen molar-refractivity contribution in [3.63, 3.8) is 0 Å². The fourth-order valence-corrected chi connectivity index (χ4v) is 3.86. The van der Waals surface area contributed by atoms with Gasteiger partial charge in [-0.15, -0.1) is 11.3 Å². The number of halogens is 1. The number of amides is 1. The van der Waals surface area contributed by atoms with Crippen molar-refractivity contribution in [3.8, 4) is 0 Å². The average molecular weight is 372 g/mol. The Balaban J connectivity index is 2.02. The van der Waals surface area contributed by atoms with Crippen LogP contribution < -0.4 is 11.1 Å². The molecule has 0 radical (unpaired) electrons. The number of nitrogens with two attached hydrogens (primary N) is 1. The zero-order valence-electron chi connectivity index (χ0n) is 14.0. The van der Waals surface area contributed by atoms with Crippen LogP contribution in [-0.2, 0) is 11.3 Å². The zero-order chi connectivity index (χ0) is 18.7. The first kappa shape index (κ1) is 17.9. The van der Waals surface area contributed by atoms with Gasteiger partial charge in [0.1, 0.15) is 10.7 Å². The van der Waals surface area contributed by atoms with E-state index >= 15 is 0 Å². The summed E-state index contributed by atoms with van der Waals surface area (Å²) in [6, 6.07) is 11.5. The molecule has 1 heterocycles. The smallest absolute Gasteiger partial charge is 0.348 e. The van der Waals surface area contributed by atoms with Gasteiger partial charge in [0.25, 0.3) is 5.91 Å². The molecular formula is C19H17FN2O3S. The number of nitrogens with one attached hydrogen (secondary N) is 1. The molecule has 0 saturated carbocycles. The maximum Gasteiger partial charge on any atom is 0.348 e. The van der Waals surface area contributed by atoms with Crippen molar-refractivity contribution in [1.29, 1.82) is 0 Å². The van der Waals surface area contributed by atoms with Gasteiger partial charge in [-0.1, -0.05) is 18.2 Å². The standard InChI is InChI=1S/C19H17FN2O3S/c1-2-25-19(24)17-12(16-13(20)7-5-9-15(16)26-17)10-22-14-8-4-3-6-11(14)18(21)23/h3-9,22H,2,10H2,1H3,(H2,21,23). The van der Waals surface area contributed by atoms with Crippen molar-refractivity contribution in [1.82, 2.24) is 0 Å². The second-order valence-corrected chi connectivity index (χ2v) is 6.56. The predicted octanol–water partition coefficient (Wildman–Crippen LogP) is 3.93. The minimum absolute atomic E-state index is 0.152. The molecule has 2 aromatic carbocycles. The second kappa shape index (κ2) is 7.53. The van der Waals surface area contributed by atoms with Crippen LogP contribution in [0.1, 0.15) is 32.5 Å². The summed E-state index contributed by atoms with van der Waals surface area (Å²) in [5.74, 6) is -1.47. The fraction of sp³-hybridized carbons (Fsp3) is 0.158. The summed E-state index contributed by atoms with van der Waals surface area (Å²) in [5.41, 5.74) is 6.73. The van der Waals surface area contributed by atoms with Gasteiger partial charge in [0.05, 0.1) is 12.2 Å². The van der Waals surface area contributed by atoms with Crippen molar-refractivity contribution in [2.75, 3.05) is 11.9 Å². The van der Waals surface area contributed by atoms with Gasteiger partial charge < -0.3 is 15.8 Å². The Morgan fingerprint density at radius 3 is 2.69 bits per heavy atom. The molecule has 0 aliphatic heterocycles. The summed E-state index contributed by atoms with van der Waals surface area (Å²) in [6.45, 7) is 2.10. The van der Waals surface area contributed by atoms with Crippen LogP contribution in [0.15, 0.2) is 42.5 Å². The first-order valence-corrected chi connectivity index (χ1v) is 8.84. The Hall–Kier alpha value is -2.93. The quantitative estimate of drug-likeness (QED) is 0.643. The highest BCUT2D eigenvalue weighted by molar-refractivity contribution is 7.21. The highest BCUT2D eigenvalue weighted by Gasteiger charge is 2.22. The summed E-state index contributed by atoms with van der Waals surface area (Å²) < 4.78 is 20.2. The van der Waals surface area contributed by atoms with E-state index in [1.54, 1.807) is 43.3 Å². The number of primary amides is 1. The molecule has 5 nitrogen and oxygen atoms in total. The van der Waals surface area contributed by atoms with Crippen LogP contribution in [0.2, 0.25) is 0 Å². The summed E-state index contributed by atoms with van der Waals surface area (Å²) in [4.78, 5) is 24.2. The first-order valence-electron chi connectivity index (χ1n) is 8.02. The van der Waals surface area contributed by atoms with Crippen LogP contribution in [0, 0.1) is 5.82 Å². The Labute approximate surface area is 153 Å². The normalized spacial score (nSPS) is 10.7. The SMILES string of the molecule is CCOC(=O)c1sc2cccc(F)c2c1CNc1ccccc1C(N)=O. The maximum absolute atomic E-state index is 14.4. The molecule has 0 spiro atoms. The number of esters is 1. The molecule has 0 aliphatic carbocycles. The van der Waals surface area contributed by atoms with Gasteiger partial charge in [-0.05, 0) is 31.2 Å². The van der Waals surface area contributed by atoms with Crippen molar-refractivity contribution in [2.45, 2.75) is 13.5 Å². The molecule has 1 aromatic heterocycles. The van der Waals surface area contributed by atoms with Crippen LogP contribution in [0.5, 0.6) is 0 Å². The Bertz CT molecular complexity index is 984. The number of para-hydroxylation sites is 1. The van der Waals surface area contributed by atoms with E-state index in [4.69, 9.17) is 10.5 Å². The van der Waals surface area contributed by atoms with Gasteiger partial charge in [0.2, 0.25) is 0 Å². The molecule has 3 rings (SSSR count). The number of hydrogen-bond acceptors (Lipinski definition) is 5. The van der Waals surface area contributed by atoms with Crippen LogP contribution in [0.3, 0.4) is 0 Å². The molecule has 1 amide bonds. The molecular weight excluding hydrogens is 355 g/mol. The molecule has 0 aliphatic rings. The third-order valence-electron chi connectivity index (χ3n) is 3.87. The molecule has 0 unspecified atom stereocenters. The molecule has 3 aromatic rings. The highest BCUT2D eigenvalue weighted by Crippen LogP contribution is 2.34. The molecule has 3 N–H and O–H groups in total. The van der Waals surface area contributed by atoms with E-state index in [1.165, 1.54) is 17.4 Å². The lowest BCUT2D eigenvalue weighted by molar-refractivity contribution is 0.0531. The van der Waals surface area contributed by atoms with E-state index < -0.39 is 17.7 Å². The lowest BCUT2D eigenvalue weighted by Crippen LogP contribution is -2.15. The van der Waals surface area contributed by atoms with Crippen molar-refractivity contribution in [3.05, 3.63) is 64.3 Å². The molecule has 7 heteroatoms. The van der Waals surface area contributed by atoms with E-state index in [2.05, 4.69) is 5.32 Å². The summed E-state index contributed by atoms with van der Waals surface area (Å²) in [6.07, 6.45) is 0. The Morgan fingerprint density at radius 2 is 1.96 bits per heavy atom. The van der Waals surface area contributed by atoms with Crippen LogP contribution in [0.4, 0.5) is 10.1 Å². The number of hydrogen-bond donors (Lipinski definition) is 2. The summed E-state index contributed by atoms with van der Waals surface area (Å²) in [7, 11) is 0. The van der Waals surface area contributed by atoms with Crippen molar-refractivity contribution < 1.29 is 18.7 Å². The number of anilines is 1. The summed E-state index contributed by atoms with van der Waals surface area (Å²) >= 11 is 1.19. The van der Waals surface area contributed by atoms with E-state index in [1.807, 2.05) is 0 Å².